The average Bonchev–Trinajstić information content (AvgIpc) is 3.16. The Hall–Kier alpha value is -3.00. The number of nitrogens with zero attached hydrogens (tertiary/aromatic N) is 5. The molecule has 2 aromatic heterocycles. The van der Waals surface area contributed by atoms with Crippen LogP contribution >= 0.6 is 11.6 Å². The Bertz CT molecular complexity index is 1180. The zero-order chi connectivity index (χ0) is 23.5. The molecule has 0 bridgehead atoms. The lowest BCUT2D eigenvalue weighted by Gasteiger charge is -2.33. The molecular weight excluding hydrogens is 445 g/mol. The highest BCUT2D eigenvalue weighted by atomic mass is 35.5. The molecule has 1 unspecified atom stereocenters. The van der Waals surface area contributed by atoms with Crippen LogP contribution in [0.4, 0.5) is 4.39 Å². The smallest absolute Gasteiger partial charge is 0.342 e. The van der Waals surface area contributed by atoms with Gasteiger partial charge in [-0.15, -0.1) is 5.10 Å². The first-order valence-corrected chi connectivity index (χ1v) is 11.6. The minimum absolute atomic E-state index is 0.00684. The van der Waals surface area contributed by atoms with E-state index in [-0.39, 0.29) is 23.6 Å². The summed E-state index contributed by atoms with van der Waals surface area (Å²) in [6.45, 7) is 5.21. The molecule has 9 heteroatoms. The fraction of sp³-hybridized carbons (Fsp3) is 0.417. The minimum atomic E-state index is -0.392. The molecular formula is C24H27ClFN5O2. The van der Waals surface area contributed by atoms with Crippen LogP contribution in [0, 0.1) is 11.7 Å². The van der Waals surface area contributed by atoms with E-state index >= 15 is 0 Å². The molecule has 0 spiro atoms. The number of pyridine rings is 1. The fourth-order valence-corrected chi connectivity index (χ4v) is 4.58. The molecule has 0 saturated carbocycles. The molecule has 33 heavy (non-hydrogen) atoms. The largest absolute Gasteiger partial charge is 0.351 e. The van der Waals surface area contributed by atoms with E-state index in [1.165, 1.54) is 39.7 Å². The van der Waals surface area contributed by atoms with Gasteiger partial charge in [-0.05, 0) is 49.6 Å². The Balaban J connectivity index is 1.67. The molecule has 0 N–H and O–H groups in total. The lowest BCUT2D eigenvalue weighted by atomic mass is 10.0. The molecule has 1 saturated heterocycles. The van der Waals surface area contributed by atoms with E-state index in [1.54, 1.807) is 12.3 Å². The van der Waals surface area contributed by atoms with Crippen molar-refractivity contribution in [1.29, 1.82) is 0 Å². The van der Waals surface area contributed by atoms with Crippen LogP contribution in [0.3, 0.4) is 0 Å². The van der Waals surface area contributed by atoms with Gasteiger partial charge in [-0.1, -0.05) is 31.9 Å². The van der Waals surface area contributed by atoms with Crippen molar-refractivity contribution in [3.63, 3.8) is 0 Å². The SMILES string of the molecule is CCCC(C)C(=O)N1CCC(n2nc(-c3ccncc3Cl)n(-c3ccc(F)cc3)c2=O)CC1. The summed E-state index contributed by atoms with van der Waals surface area (Å²) in [4.78, 5) is 32.1. The first-order valence-electron chi connectivity index (χ1n) is 11.3. The quantitative estimate of drug-likeness (QED) is 0.531. The second-order valence-electron chi connectivity index (χ2n) is 8.46. The molecule has 3 heterocycles. The summed E-state index contributed by atoms with van der Waals surface area (Å²) in [5.74, 6) is 0.155. The van der Waals surface area contributed by atoms with E-state index in [1.807, 2.05) is 11.8 Å². The van der Waals surface area contributed by atoms with Gasteiger partial charge in [-0.2, -0.15) is 0 Å². The van der Waals surface area contributed by atoms with Crippen molar-refractivity contribution < 1.29 is 9.18 Å². The van der Waals surface area contributed by atoms with Crippen LogP contribution in [-0.2, 0) is 4.79 Å². The third-order valence-electron chi connectivity index (χ3n) is 6.16. The van der Waals surface area contributed by atoms with Crippen LogP contribution in [0.1, 0.15) is 45.6 Å². The fourth-order valence-electron chi connectivity index (χ4n) is 4.37. The van der Waals surface area contributed by atoms with Crippen LogP contribution in [0.5, 0.6) is 0 Å². The van der Waals surface area contributed by atoms with Gasteiger partial charge in [0.15, 0.2) is 5.82 Å². The van der Waals surface area contributed by atoms with Crippen molar-refractivity contribution in [3.05, 3.63) is 64.0 Å². The molecule has 1 aliphatic heterocycles. The predicted molar refractivity (Wildman–Crippen MR) is 125 cm³/mol. The van der Waals surface area contributed by atoms with Gasteiger partial charge in [-0.3, -0.25) is 9.78 Å². The topological polar surface area (TPSA) is 73.0 Å². The van der Waals surface area contributed by atoms with E-state index in [9.17, 15) is 14.0 Å². The molecule has 1 fully saturated rings. The summed E-state index contributed by atoms with van der Waals surface area (Å²) in [5.41, 5.74) is 0.734. The normalized spacial score (nSPS) is 15.6. The number of likely N-dealkylation sites (tertiary alicyclic amines) is 1. The lowest BCUT2D eigenvalue weighted by molar-refractivity contribution is -0.136. The Morgan fingerprint density at radius 2 is 1.91 bits per heavy atom. The van der Waals surface area contributed by atoms with Crippen molar-refractivity contribution in [3.8, 4) is 17.1 Å². The van der Waals surface area contributed by atoms with Crippen molar-refractivity contribution >= 4 is 17.5 Å². The zero-order valence-electron chi connectivity index (χ0n) is 18.7. The summed E-state index contributed by atoms with van der Waals surface area (Å²) in [6.07, 6.45) is 6.19. The average molecular weight is 472 g/mol. The number of hydrogen-bond acceptors (Lipinski definition) is 4. The number of benzene rings is 1. The summed E-state index contributed by atoms with van der Waals surface area (Å²) >= 11 is 6.37. The van der Waals surface area contributed by atoms with Crippen molar-refractivity contribution in [2.75, 3.05) is 13.1 Å². The maximum absolute atomic E-state index is 13.5. The van der Waals surface area contributed by atoms with Gasteiger partial charge in [0.2, 0.25) is 5.91 Å². The number of rotatable bonds is 6. The molecule has 4 rings (SSSR count). The number of carbonyl (C=O) groups excluding carboxylic acids is 1. The number of piperidine rings is 1. The Morgan fingerprint density at radius 1 is 1.21 bits per heavy atom. The molecule has 174 valence electrons. The highest BCUT2D eigenvalue weighted by Crippen LogP contribution is 2.29. The van der Waals surface area contributed by atoms with Crippen LogP contribution < -0.4 is 5.69 Å². The predicted octanol–water partition coefficient (Wildman–Crippen LogP) is 4.49. The van der Waals surface area contributed by atoms with E-state index in [0.717, 1.165) is 12.8 Å². The van der Waals surface area contributed by atoms with Gasteiger partial charge in [0.05, 0.1) is 16.8 Å². The van der Waals surface area contributed by atoms with Crippen LogP contribution in [0.2, 0.25) is 5.02 Å². The third kappa shape index (κ3) is 4.71. The second-order valence-corrected chi connectivity index (χ2v) is 8.87. The van der Waals surface area contributed by atoms with Crippen molar-refractivity contribution in [2.24, 2.45) is 5.92 Å². The van der Waals surface area contributed by atoms with E-state index in [2.05, 4.69) is 17.0 Å². The van der Waals surface area contributed by atoms with Gasteiger partial charge >= 0.3 is 5.69 Å². The van der Waals surface area contributed by atoms with Gasteiger partial charge < -0.3 is 4.90 Å². The number of aromatic nitrogens is 4. The van der Waals surface area contributed by atoms with Gasteiger partial charge in [0.1, 0.15) is 5.82 Å². The first kappa shape index (κ1) is 23.2. The molecule has 0 radical (unpaired) electrons. The summed E-state index contributed by atoms with van der Waals surface area (Å²) in [7, 11) is 0. The monoisotopic (exact) mass is 471 g/mol. The molecule has 1 aromatic carbocycles. The van der Waals surface area contributed by atoms with Crippen LogP contribution in [-0.4, -0.2) is 43.2 Å². The maximum atomic E-state index is 13.5. The first-order chi connectivity index (χ1) is 15.9. The van der Waals surface area contributed by atoms with Gasteiger partial charge in [-0.25, -0.2) is 18.4 Å². The molecule has 3 aromatic rings. The summed E-state index contributed by atoms with van der Waals surface area (Å²) in [5, 5.41) is 5.02. The molecule has 1 atom stereocenters. The molecule has 0 aliphatic carbocycles. The Kier molecular flexibility index (Phi) is 6.93. The van der Waals surface area contributed by atoms with Gasteiger partial charge in [0, 0.05) is 37.0 Å². The van der Waals surface area contributed by atoms with Crippen molar-refractivity contribution in [1.82, 2.24) is 24.2 Å². The number of hydrogen-bond donors (Lipinski definition) is 0. The summed E-state index contributed by atoms with van der Waals surface area (Å²) < 4.78 is 16.4. The van der Waals surface area contributed by atoms with Crippen LogP contribution in [0.25, 0.3) is 17.1 Å². The highest BCUT2D eigenvalue weighted by molar-refractivity contribution is 6.33. The standard InChI is InChI=1S/C24H27ClFN5O2/c1-3-4-16(2)23(32)29-13-10-19(11-14-29)31-24(33)30(18-7-5-17(26)6-8-18)22(28-31)20-9-12-27-15-21(20)25/h5-9,12,15-16,19H,3-4,10-11,13-14H2,1-2H3. The zero-order valence-corrected chi connectivity index (χ0v) is 19.5. The van der Waals surface area contributed by atoms with E-state index in [4.69, 9.17) is 11.6 Å². The summed E-state index contributed by atoms with van der Waals surface area (Å²) in [6, 6.07) is 7.24. The number of halogens is 2. The van der Waals surface area contributed by atoms with E-state index in [0.29, 0.717) is 48.0 Å². The highest BCUT2D eigenvalue weighted by Gasteiger charge is 2.29. The van der Waals surface area contributed by atoms with Gasteiger partial charge in [0.25, 0.3) is 0 Å². The number of carbonyl (C=O) groups is 1. The Morgan fingerprint density at radius 3 is 2.55 bits per heavy atom. The maximum Gasteiger partial charge on any atom is 0.351 e. The Labute approximate surface area is 196 Å². The molecule has 1 aliphatic rings. The lowest BCUT2D eigenvalue weighted by Crippen LogP contribution is -2.43. The molecule has 1 amide bonds. The number of amides is 1. The minimum Gasteiger partial charge on any atom is -0.342 e. The third-order valence-corrected chi connectivity index (χ3v) is 6.47. The molecule has 7 nitrogen and oxygen atoms in total. The van der Waals surface area contributed by atoms with E-state index < -0.39 is 5.82 Å². The van der Waals surface area contributed by atoms with Crippen LogP contribution in [0.15, 0.2) is 47.5 Å². The second kappa shape index (κ2) is 9.87. The van der Waals surface area contributed by atoms with Crippen molar-refractivity contribution in [2.45, 2.75) is 45.6 Å².